The van der Waals surface area contributed by atoms with E-state index >= 15 is 0 Å². The standard InChI is InChI=1S/C25H21N3O3S/c1-2-17-28(20-10-4-3-5-11-20)32(30,31)21-12-6-9-19(18-21)25(29)27-24-15-7-14-23-22(24)13-8-16-26-23/h2-16,18H,1,17H2,(H,27,29). The normalized spacial score (nSPS) is 11.1. The molecule has 4 aromatic rings. The molecule has 3 aromatic carbocycles. The third-order valence-corrected chi connectivity index (χ3v) is 6.71. The van der Waals surface area contributed by atoms with Crippen LogP contribution in [0.5, 0.6) is 0 Å². The maximum atomic E-state index is 13.4. The lowest BCUT2D eigenvalue weighted by molar-refractivity contribution is 0.102. The summed E-state index contributed by atoms with van der Waals surface area (Å²) in [5.41, 5.74) is 2.11. The smallest absolute Gasteiger partial charge is 0.264 e. The summed E-state index contributed by atoms with van der Waals surface area (Å²) in [6.45, 7) is 3.78. The largest absolute Gasteiger partial charge is 0.321 e. The Morgan fingerprint density at radius 3 is 2.53 bits per heavy atom. The van der Waals surface area contributed by atoms with Gasteiger partial charge >= 0.3 is 0 Å². The fourth-order valence-corrected chi connectivity index (χ4v) is 4.87. The van der Waals surface area contributed by atoms with Crippen LogP contribution in [0.25, 0.3) is 10.9 Å². The van der Waals surface area contributed by atoms with E-state index in [-0.39, 0.29) is 17.0 Å². The zero-order valence-electron chi connectivity index (χ0n) is 17.2. The van der Waals surface area contributed by atoms with Gasteiger partial charge < -0.3 is 5.32 Å². The lowest BCUT2D eigenvalue weighted by atomic mass is 10.1. The van der Waals surface area contributed by atoms with E-state index in [0.717, 1.165) is 10.9 Å². The monoisotopic (exact) mass is 443 g/mol. The lowest BCUT2D eigenvalue weighted by Gasteiger charge is -2.23. The molecular formula is C25H21N3O3S. The summed E-state index contributed by atoms with van der Waals surface area (Å²) in [6.07, 6.45) is 3.21. The van der Waals surface area contributed by atoms with E-state index in [1.54, 1.807) is 60.8 Å². The van der Waals surface area contributed by atoms with E-state index in [9.17, 15) is 13.2 Å². The number of sulfonamides is 1. The Kier molecular flexibility index (Phi) is 6.00. The number of fused-ring (bicyclic) bond motifs is 1. The first-order chi connectivity index (χ1) is 15.5. The van der Waals surface area contributed by atoms with Gasteiger partial charge in [0.15, 0.2) is 0 Å². The highest BCUT2D eigenvalue weighted by molar-refractivity contribution is 7.92. The van der Waals surface area contributed by atoms with Gasteiger partial charge in [-0.05, 0) is 54.6 Å². The van der Waals surface area contributed by atoms with Gasteiger partial charge in [-0.2, -0.15) is 0 Å². The molecule has 160 valence electrons. The van der Waals surface area contributed by atoms with Crippen molar-refractivity contribution in [2.75, 3.05) is 16.2 Å². The summed E-state index contributed by atoms with van der Waals surface area (Å²) in [5, 5.41) is 3.66. The summed E-state index contributed by atoms with van der Waals surface area (Å²) in [4.78, 5) is 17.3. The molecule has 0 aliphatic heterocycles. The Balaban J connectivity index is 1.66. The van der Waals surface area contributed by atoms with E-state index in [1.165, 1.54) is 22.5 Å². The van der Waals surface area contributed by atoms with Crippen LogP contribution in [0.4, 0.5) is 11.4 Å². The Labute approximate surface area is 186 Å². The van der Waals surface area contributed by atoms with Crippen LogP contribution < -0.4 is 9.62 Å². The first kappa shape index (κ1) is 21.3. The van der Waals surface area contributed by atoms with Crippen molar-refractivity contribution in [1.29, 1.82) is 0 Å². The Morgan fingerprint density at radius 2 is 1.75 bits per heavy atom. The van der Waals surface area contributed by atoms with Crippen molar-refractivity contribution in [2.45, 2.75) is 4.90 Å². The van der Waals surface area contributed by atoms with Crippen molar-refractivity contribution < 1.29 is 13.2 Å². The van der Waals surface area contributed by atoms with E-state index in [4.69, 9.17) is 0 Å². The molecule has 7 heteroatoms. The van der Waals surface area contributed by atoms with Gasteiger partial charge in [-0.15, -0.1) is 6.58 Å². The van der Waals surface area contributed by atoms with Crippen LogP contribution in [0.15, 0.2) is 109 Å². The maximum Gasteiger partial charge on any atom is 0.264 e. The number of nitrogens with one attached hydrogen (secondary N) is 1. The number of nitrogens with zero attached hydrogens (tertiary/aromatic N) is 2. The van der Waals surface area contributed by atoms with Crippen LogP contribution in [0.2, 0.25) is 0 Å². The molecule has 0 aliphatic carbocycles. The molecule has 0 atom stereocenters. The molecule has 6 nitrogen and oxygen atoms in total. The van der Waals surface area contributed by atoms with Crippen LogP contribution in [0.3, 0.4) is 0 Å². The van der Waals surface area contributed by atoms with Gasteiger partial charge in [0.1, 0.15) is 0 Å². The van der Waals surface area contributed by atoms with Gasteiger partial charge in [-0.3, -0.25) is 14.1 Å². The van der Waals surface area contributed by atoms with Crippen molar-refractivity contribution in [3.63, 3.8) is 0 Å². The minimum atomic E-state index is -3.91. The number of hydrogen-bond donors (Lipinski definition) is 1. The number of para-hydroxylation sites is 1. The molecule has 32 heavy (non-hydrogen) atoms. The van der Waals surface area contributed by atoms with E-state index in [2.05, 4.69) is 16.9 Å². The molecule has 1 aromatic heterocycles. The maximum absolute atomic E-state index is 13.4. The van der Waals surface area contributed by atoms with Crippen molar-refractivity contribution in [1.82, 2.24) is 4.98 Å². The molecule has 0 saturated carbocycles. The SMILES string of the molecule is C=CCN(c1ccccc1)S(=O)(=O)c1cccc(C(=O)Nc2cccc3ncccc23)c1. The highest BCUT2D eigenvalue weighted by Crippen LogP contribution is 2.25. The predicted molar refractivity (Wildman–Crippen MR) is 127 cm³/mol. The number of hydrogen-bond acceptors (Lipinski definition) is 4. The second-order valence-corrected chi connectivity index (χ2v) is 8.88. The van der Waals surface area contributed by atoms with Gasteiger partial charge in [0.05, 0.1) is 28.3 Å². The fourth-order valence-electron chi connectivity index (χ4n) is 3.39. The zero-order valence-corrected chi connectivity index (χ0v) is 18.0. The molecule has 0 unspecified atom stereocenters. The average Bonchev–Trinajstić information content (AvgIpc) is 2.83. The third kappa shape index (κ3) is 4.24. The number of carbonyl (C=O) groups excluding carboxylic acids is 1. The number of pyridine rings is 1. The van der Waals surface area contributed by atoms with Crippen LogP contribution in [0, 0.1) is 0 Å². The molecule has 1 amide bonds. The van der Waals surface area contributed by atoms with Gasteiger partial charge in [-0.1, -0.05) is 36.4 Å². The van der Waals surface area contributed by atoms with Gasteiger partial charge in [0.2, 0.25) is 0 Å². The van der Waals surface area contributed by atoms with Crippen LogP contribution in [0.1, 0.15) is 10.4 Å². The third-order valence-electron chi connectivity index (χ3n) is 4.92. The topological polar surface area (TPSA) is 79.4 Å². The van der Waals surface area contributed by atoms with E-state index in [1.807, 2.05) is 18.2 Å². The molecule has 0 fully saturated rings. The molecule has 0 bridgehead atoms. The molecule has 0 saturated heterocycles. The summed E-state index contributed by atoms with van der Waals surface area (Å²) < 4.78 is 28.0. The summed E-state index contributed by atoms with van der Waals surface area (Å²) in [6, 6.07) is 23.9. The zero-order chi connectivity index (χ0) is 22.6. The summed E-state index contributed by atoms with van der Waals surface area (Å²) in [7, 11) is -3.91. The molecule has 0 spiro atoms. The first-order valence-electron chi connectivity index (χ1n) is 9.94. The lowest BCUT2D eigenvalue weighted by Crippen LogP contribution is -2.31. The summed E-state index contributed by atoms with van der Waals surface area (Å²) >= 11 is 0. The van der Waals surface area contributed by atoms with Crippen LogP contribution in [-0.2, 0) is 10.0 Å². The highest BCUT2D eigenvalue weighted by atomic mass is 32.2. The molecule has 0 radical (unpaired) electrons. The predicted octanol–water partition coefficient (Wildman–Crippen LogP) is 4.87. The fraction of sp³-hybridized carbons (Fsp3) is 0.0400. The van der Waals surface area contributed by atoms with Gasteiger partial charge in [0.25, 0.3) is 15.9 Å². The number of rotatable bonds is 7. The van der Waals surface area contributed by atoms with Crippen LogP contribution in [-0.4, -0.2) is 25.9 Å². The van der Waals surface area contributed by atoms with Crippen LogP contribution >= 0.6 is 0 Å². The van der Waals surface area contributed by atoms with Crippen molar-refractivity contribution in [3.05, 3.63) is 109 Å². The van der Waals surface area contributed by atoms with Gasteiger partial charge in [0, 0.05) is 17.1 Å². The Bertz CT molecular complexity index is 1380. The number of carbonyl (C=O) groups is 1. The van der Waals surface area contributed by atoms with Gasteiger partial charge in [-0.25, -0.2) is 8.42 Å². The summed E-state index contributed by atoms with van der Waals surface area (Å²) in [5.74, 6) is -0.409. The molecular weight excluding hydrogens is 422 g/mol. The quantitative estimate of drug-likeness (QED) is 0.413. The van der Waals surface area contributed by atoms with Crippen molar-refractivity contribution >= 4 is 38.2 Å². The minimum Gasteiger partial charge on any atom is -0.321 e. The second kappa shape index (κ2) is 9.03. The second-order valence-electron chi connectivity index (χ2n) is 7.02. The molecule has 1 N–H and O–H groups in total. The van der Waals surface area contributed by atoms with E-state index < -0.39 is 15.9 Å². The van der Waals surface area contributed by atoms with E-state index in [0.29, 0.717) is 11.4 Å². The minimum absolute atomic E-state index is 0.0236. The number of benzene rings is 3. The Morgan fingerprint density at radius 1 is 0.969 bits per heavy atom. The highest BCUT2D eigenvalue weighted by Gasteiger charge is 2.25. The Hall–Kier alpha value is -3.97. The first-order valence-corrected chi connectivity index (χ1v) is 11.4. The van der Waals surface area contributed by atoms with Crippen molar-refractivity contribution in [3.8, 4) is 0 Å². The van der Waals surface area contributed by atoms with Crippen molar-refractivity contribution in [2.24, 2.45) is 0 Å². The molecule has 4 rings (SSSR count). The molecule has 0 aliphatic rings. The number of anilines is 2. The number of amides is 1. The molecule has 1 heterocycles. The number of aromatic nitrogens is 1. The average molecular weight is 444 g/mol.